The Morgan fingerprint density at radius 3 is 2.37 bits per heavy atom. The Morgan fingerprint density at radius 2 is 1.72 bits per heavy atom. The van der Waals surface area contributed by atoms with E-state index in [0.717, 1.165) is 23.1 Å². The second kappa shape index (κ2) is 17.4. The van der Waals surface area contributed by atoms with Gasteiger partial charge in [-0.05, 0) is 38.1 Å². The Hall–Kier alpha value is -4.34. The van der Waals surface area contributed by atoms with E-state index in [-0.39, 0.29) is 86.6 Å². The van der Waals surface area contributed by atoms with Crippen LogP contribution in [0.5, 0.6) is 0 Å². The minimum Gasteiger partial charge on any atom is -0.377 e. The van der Waals surface area contributed by atoms with Gasteiger partial charge in [-0.15, -0.1) is 11.8 Å². The van der Waals surface area contributed by atoms with Gasteiger partial charge in [-0.25, -0.2) is 4.90 Å². The zero-order chi connectivity index (χ0) is 33.8. The quantitative estimate of drug-likeness (QED) is 0.132. The number of amides is 7. The molecule has 2 aliphatic heterocycles. The van der Waals surface area contributed by atoms with Crippen LogP contribution in [0.4, 0.5) is 11.4 Å². The smallest absolute Gasteiger partial charge is 0.258 e. The highest BCUT2D eigenvalue weighted by Crippen LogP contribution is 2.27. The Labute approximate surface area is 271 Å². The van der Waals surface area contributed by atoms with Crippen molar-refractivity contribution < 1.29 is 43.0 Å². The number of imide groups is 2. The molecular formula is C31H39N5O9S. The molecule has 0 aliphatic carbocycles. The van der Waals surface area contributed by atoms with Crippen LogP contribution in [0.3, 0.4) is 0 Å². The van der Waals surface area contributed by atoms with E-state index in [1.165, 1.54) is 34.9 Å². The van der Waals surface area contributed by atoms with Crippen LogP contribution in [0.2, 0.25) is 0 Å². The van der Waals surface area contributed by atoms with Crippen LogP contribution in [0.1, 0.15) is 37.0 Å². The molecule has 3 rings (SSSR count). The fourth-order valence-corrected chi connectivity index (χ4v) is 5.49. The molecule has 14 nitrogen and oxygen atoms in total. The summed E-state index contributed by atoms with van der Waals surface area (Å²) in [6.45, 7) is 8.20. The molecule has 1 saturated heterocycles. The van der Waals surface area contributed by atoms with Crippen molar-refractivity contribution in [1.82, 2.24) is 15.1 Å². The van der Waals surface area contributed by atoms with Gasteiger partial charge in [0.05, 0.1) is 43.9 Å². The normalized spacial score (nSPS) is 16.0. The van der Waals surface area contributed by atoms with Gasteiger partial charge in [0.1, 0.15) is 0 Å². The van der Waals surface area contributed by atoms with Gasteiger partial charge in [-0.2, -0.15) is 0 Å². The molecule has 2 heterocycles. The molecule has 1 unspecified atom stereocenters. The fraction of sp³-hybridized carbons (Fsp3) is 0.452. The highest BCUT2D eigenvalue weighted by Gasteiger charge is 2.38. The Bertz CT molecular complexity index is 1380. The summed E-state index contributed by atoms with van der Waals surface area (Å²) >= 11 is 1.32. The monoisotopic (exact) mass is 657 g/mol. The van der Waals surface area contributed by atoms with Crippen molar-refractivity contribution in [2.24, 2.45) is 0 Å². The number of likely N-dealkylation sites (tertiary alicyclic amines) is 1. The van der Waals surface area contributed by atoms with Gasteiger partial charge in [-0.1, -0.05) is 6.58 Å². The Kier molecular flexibility index (Phi) is 13.7. The van der Waals surface area contributed by atoms with Crippen molar-refractivity contribution in [3.63, 3.8) is 0 Å². The van der Waals surface area contributed by atoms with Crippen LogP contribution in [0, 0.1) is 0 Å². The predicted octanol–water partition coefficient (Wildman–Crippen LogP) is 1.12. The van der Waals surface area contributed by atoms with Gasteiger partial charge in [0, 0.05) is 61.6 Å². The predicted molar refractivity (Wildman–Crippen MR) is 171 cm³/mol. The second-order valence-corrected chi connectivity index (χ2v) is 11.9. The van der Waals surface area contributed by atoms with Gasteiger partial charge < -0.3 is 25.0 Å². The number of benzene rings is 1. The molecule has 0 bridgehead atoms. The number of nitrogens with one attached hydrogen (secondary N) is 2. The maximum absolute atomic E-state index is 12.8. The molecule has 1 aromatic rings. The van der Waals surface area contributed by atoms with E-state index in [4.69, 9.17) is 9.47 Å². The highest BCUT2D eigenvalue weighted by atomic mass is 32.2. The van der Waals surface area contributed by atoms with Crippen molar-refractivity contribution in [3.8, 4) is 0 Å². The van der Waals surface area contributed by atoms with Gasteiger partial charge in [-0.3, -0.25) is 38.5 Å². The lowest BCUT2D eigenvalue weighted by Crippen LogP contribution is -2.35. The van der Waals surface area contributed by atoms with Crippen LogP contribution < -0.4 is 15.5 Å². The minimum absolute atomic E-state index is 0.00272. The van der Waals surface area contributed by atoms with Gasteiger partial charge in [0.2, 0.25) is 23.6 Å². The Morgan fingerprint density at radius 1 is 1.04 bits per heavy atom. The third-order valence-corrected chi connectivity index (χ3v) is 8.28. The van der Waals surface area contributed by atoms with E-state index in [9.17, 15) is 33.6 Å². The number of rotatable bonds is 18. The summed E-state index contributed by atoms with van der Waals surface area (Å²) in [6, 6.07) is 4.26. The molecule has 46 heavy (non-hydrogen) atoms. The lowest BCUT2D eigenvalue weighted by atomic mass is 10.1. The molecule has 0 aromatic heterocycles. The van der Waals surface area contributed by atoms with Crippen molar-refractivity contribution in [2.75, 3.05) is 62.5 Å². The average Bonchev–Trinajstić information content (AvgIpc) is 3.50. The van der Waals surface area contributed by atoms with E-state index >= 15 is 0 Å². The van der Waals surface area contributed by atoms with Crippen molar-refractivity contribution in [3.05, 3.63) is 48.6 Å². The number of hydrogen-bond acceptors (Lipinski definition) is 10. The molecule has 15 heteroatoms. The average molecular weight is 658 g/mol. The summed E-state index contributed by atoms with van der Waals surface area (Å²) in [6.07, 6.45) is 3.67. The summed E-state index contributed by atoms with van der Waals surface area (Å²) in [5, 5.41) is 4.70. The first-order chi connectivity index (χ1) is 21.9. The molecule has 2 aliphatic rings. The molecule has 1 aromatic carbocycles. The number of anilines is 2. The lowest BCUT2D eigenvalue weighted by molar-refractivity contribution is -0.139. The number of thioether (sulfide) groups is 1. The maximum Gasteiger partial charge on any atom is 0.258 e. The number of ether oxygens (including phenoxy) is 2. The number of hydrogen-bond donors (Lipinski definition) is 2. The first-order valence-electron chi connectivity index (χ1n) is 14.7. The van der Waals surface area contributed by atoms with Crippen LogP contribution in [-0.4, -0.2) is 115 Å². The van der Waals surface area contributed by atoms with E-state index in [1.807, 2.05) is 13.8 Å². The summed E-state index contributed by atoms with van der Waals surface area (Å²) in [5.41, 5.74) is 0.418. The summed E-state index contributed by atoms with van der Waals surface area (Å²) in [4.78, 5) is 89.7. The fourth-order valence-electron chi connectivity index (χ4n) is 4.38. The van der Waals surface area contributed by atoms with Gasteiger partial charge in [0.25, 0.3) is 17.7 Å². The van der Waals surface area contributed by atoms with Gasteiger partial charge >= 0.3 is 0 Å². The SMILES string of the molecule is C=CC(=O)Nc1cc(C(=O)NCCOCCOCCN2C(=O)CC(SCCC(=O)N(C)C(C)C)C2=O)cc(N2C(=O)C=CC2=O)c1. The van der Waals surface area contributed by atoms with E-state index < -0.39 is 28.9 Å². The van der Waals surface area contributed by atoms with E-state index in [0.29, 0.717) is 12.2 Å². The number of carbonyl (C=O) groups is 7. The molecular weight excluding hydrogens is 618 g/mol. The van der Waals surface area contributed by atoms with Crippen LogP contribution in [0.15, 0.2) is 43.0 Å². The standard InChI is InChI=1S/C31H39N5O9S/c1-5-25(37)33-22-16-21(17-23(18-22)36-27(39)6-7-28(36)40)30(42)32-9-11-44-13-14-45-12-10-35-29(41)19-24(31(35)43)46-15-8-26(38)34(4)20(2)3/h5-7,16-18,20,24H,1,8-15,19H2,2-4H3,(H,32,42)(H,33,37). The van der Waals surface area contributed by atoms with Crippen LogP contribution >= 0.6 is 11.8 Å². The third kappa shape index (κ3) is 10.1. The Balaban J connectivity index is 1.34. The maximum atomic E-state index is 12.8. The van der Waals surface area contributed by atoms with Crippen molar-refractivity contribution in [1.29, 1.82) is 0 Å². The molecule has 248 valence electrons. The highest BCUT2D eigenvalue weighted by molar-refractivity contribution is 8.00. The second-order valence-electron chi connectivity index (χ2n) is 10.6. The summed E-state index contributed by atoms with van der Waals surface area (Å²) < 4.78 is 11.0. The third-order valence-electron chi connectivity index (χ3n) is 7.07. The zero-order valence-electron chi connectivity index (χ0n) is 26.1. The molecule has 1 fully saturated rings. The first-order valence-corrected chi connectivity index (χ1v) is 15.8. The topological polar surface area (TPSA) is 172 Å². The van der Waals surface area contributed by atoms with Gasteiger partial charge in [0.15, 0.2) is 0 Å². The van der Waals surface area contributed by atoms with E-state index in [2.05, 4.69) is 17.2 Å². The summed E-state index contributed by atoms with van der Waals surface area (Å²) in [5.74, 6) is -2.28. The van der Waals surface area contributed by atoms with Crippen molar-refractivity contribution >= 4 is 64.5 Å². The largest absolute Gasteiger partial charge is 0.377 e. The molecule has 7 amide bonds. The molecule has 0 saturated carbocycles. The first kappa shape index (κ1) is 36.1. The lowest BCUT2D eigenvalue weighted by Gasteiger charge is -2.21. The van der Waals surface area contributed by atoms with E-state index in [1.54, 1.807) is 11.9 Å². The molecule has 2 N–H and O–H groups in total. The zero-order valence-corrected chi connectivity index (χ0v) is 26.9. The number of nitrogens with zero attached hydrogens (tertiary/aromatic N) is 3. The minimum atomic E-state index is -0.573. The van der Waals surface area contributed by atoms with Crippen LogP contribution in [-0.2, 0) is 38.2 Å². The number of carbonyl (C=O) groups excluding carboxylic acids is 7. The molecule has 0 radical (unpaired) electrons. The molecule has 1 atom stereocenters. The van der Waals surface area contributed by atoms with Crippen LogP contribution in [0.25, 0.3) is 0 Å². The van der Waals surface area contributed by atoms with Crippen molar-refractivity contribution in [2.45, 2.75) is 38.0 Å². The summed E-state index contributed by atoms with van der Waals surface area (Å²) in [7, 11) is 1.74. The molecule has 0 spiro atoms.